The number of urea groups is 1. The Labute approximate surface area is 495 Å². The lowest BCUT2D eigenvalue weighted by atomic mass is 10.1. The molecule has 2 unspecified atom stereocenters. The van der Waals surface area contributed by atoms with E-state index in [1.165, 1.54) is 55.4 Å². The third-order valence-corrected chi connectivity index (χ3v) is 17.0. The zero-order valence-corrected chi connectivity index (χ0v) is 50.8. The first-order chi connectivity index (χ1) is 37.7. The van der Waals surface area contributed by atoms with Crippen molar-refractivity contribution in [2.75, 3.05) is 14.2 Å². The highest BCUT2D eigenvalue weighted by Gasteiger charge is 2.51. The van der Waals surface area contributed by atoms with E-state index >= 15 is 0 Å². The van der Waals surface area contributed by atoms with Crippen molar-refractivity contribution in [3.8, 4) is 28.6 Å². The number of benzene rings is 6. The number of aromatic nitrogens is 2. The zero-order valence-electron chi connectivity index (χ0n) is 40.9. The van der Waals surface area contributed by atoms with E-state index in [-0.39, 0.29) is 32.9 Å². The molecule has 1 fully saturated rings. The average molecular weight is 1390 g/mol. The summed E-state index contributed by atoms with van der Waals surface area (Å²) in [6.07, 6.45) is 0. The van der Waals surface area contributed by atoms with Gasteiger partial charge in [0.25, 0.3) is 17.0 Å². The van der Waals surface area contributed by atoms with Crippen LogP contribution in [0.3, 0.4) is 0 Å². The minimum absolute atomic E-state index is 0.137. The Kier molecular flexibility index (Phi) is 21.9. The van der Waals surface area contributed by atoms with Crippen molar-refractivity contribution in [1.29, 1.82) is 0 Å². The Morgan fingerprint density at radius 2 is 1.12 bits per heavy atom. The van der Waals surface area contributed by atoms with Crippen molar-refractivity contribution in [3.63, 3.8) is 0 Å². The van der Waals surface area contributed by atoms with E-state index in [9.17, 15) is 53.7 Å². The van der Waals surface area contributed by atoms with E-state index < -0.39 is 90.0 Å². The lowest BCUT2D eigenvalue weighted by Crippen LogP contribution is -2.38. The first kappa shape index (κ1) is 64.1. The summed E-state index contributed by atoms with van der Waals surface area (Å²) in [4.78, 5) is 55.4. The van der Waals surface area contributed by atoms with Gasteiger partial charge in [-0.3, -0.25) is 23.5 Å². The standard InChI is InChI=1S/C23H17BrClNO2S.C22H10BrClF5NO5S.C5H6Cl2N2O2.FH3OP2/c1-28-22-12-18(24)19(25)13-21(22)26-20-9-8-17(11-16(20)7-10-23(26)27)29-14-15-5-3-2-4-6-15;1-34-15-7-11(23)12(24)8-14(15)30-13-4-3-10(6-9(13)2-5-16(30)31)36(32,33)35-22-20(28)18(26)17(25)19(27)21(22)29;1-5(2)3(10)8(6)4(11)9(5)7;1-3-4-2/h2-13H,14H2,1H3;2-8H,1H3;1-2H3;2-4H. The van der Waals surface area contributed by atoms with Crippen LogP contribution in [0.25, 0.3) is 33.2 Å². The molecular weight excluding hydrogens is 1360 g/mol. The van der Waals surface area contributed by atoms with E-state index in [0.717, 1.165) is 44.2 Å². The molecule has 1 saturated heterocycles. The van der Waals surface area contributed by atoms with Crippen molar-refractivity contribution in [2.45, 2.75) is 34.9 Å². The van der Waals surface area contributed by atoms with Gasteiger partial charge in [0.2, 0.25) is 34.8 Å². The van der Waals surface area contributed by atoms with Gasteiger partial charge in [-0.15, -0.1) is 11.8 Å². The molecule has 2 atom stereocenters. The summed E-state index contributed by atoms with van der Waals surface area (Å²) in [5.74, 6) is -12.9. The Hall–Kier alpha value is -5.10. The number of nitrogens with zero attached hydrogens (tertiary/aromatic N) is 4. The molecule has 80 heavy (non-hydrogen) atoms. The number of hydrogen-bond donors (Lipinski definition) is 1. The van der Waals surface area contributed by atoms with Crippen LogP contribution in [0.4, 0.5) is 30.9 Å². The minimum atomic E-state index is -5.08. The second-order valence-corrected chi connectivity index (χ2v) is 23.9. The molecule has 14 nitrogen and oxygen atoms in total. The number of amides is 3. The highest BCUT2D eigenvalue weighted by atomic mass is 79.9. The van der Waals surface area contributed by atoms with E-state index in [2.05, 4.69) is 54.2 Å². The van der Waals surface area contributed by atoms with Crippen molar-refractivity contribution >= 4 is 151 Å². The van der Waals surface area contributed by atoms with Crippen LogP contribution in [0.5, 0.6) is 17.2 Å². The van der Waals surface area contributed by atoms with Crippen molar-refractivity contribution in [1.82, 2.24) is 18.0 Å². The van der Waals surface area contributed by atoms with E-state index in [4.69, 9.17) is 61.1 Å². The fourth-order valence-electron chi connectivity index (χ4n) is 7.19. The van der Waals surface area contributed by atoms with Crippen LogP contribution in [-0.4, -0.2) is 63.0 Å². The normalized spacial score (nSPS) is 13.1. The van der Waals surface area contributed by atoms with Gasteiger partial charge >= 0.3 is 16.1 Å². The SMILES string of the molecule is CC1(C)C(=O)N(Cl)C(=O)N1Cl.COc1cc(Br)c(Cl)cc1-n1c(=O)ccc2cc(S(=O)(=O)Oc3c(F)c(F)c(F)c(F)c3F)ccc21.COc1cc(Br)c(Cl)cc1-n1c(=O)ccc2cc(SCc3ccccc3)ccc21.OPPF. The molecule has 0 spiro atoms. The van der Waals surface area contributed by atoms with Gasteiger partial charge in [0.1, 0.15) is 30.5 Å². The van der Waals surface area contributed by atoms with Gasteiger partial charge in [-0.2, -0.15) is 21.6 Å². The van der Waals surface area contributed by atoms with E-state index in [1.54, 1.807) is 41.6 Å². The summed E-state index contributed by atoms with van der Waals surface area (Å²) in [6.45, 7) is 3.03. The number of thioether (sulfide) groups is 1. The number of halogens is 12. The van der Waals surface area contributed by atoms with Crippen LogP contribution < -0.4 is 24.8 Å². The molecule has 1 N–H and O–H groups in total. The molecule has 30 heteroatoms. The summed E-state index contributed by atoms with van der Waals surface area (Å²) in [7, 11) is -3.42. The number of fused-ring (bicyclic) bond motifs is 2. The van der Waals surface area contributed by atoms with Crippen LogP contribution >= 0.6 is 107 Å². The first-order valence-electron chi connectivity index (χ1n) is 22.0. The summed E-state index contributed by atoms with van der Waals surface area (Å²) >= 11 is 31.7. The first-order valence-corrected chi connectivity index (χ1v) is 30.2. The maximum absolute atomic E-state index is 13.9. The van der Waals surface area contributed by atoms with Gasteiger partial charge in [0, 0.05) is 60.7 Å². The number of carbonyl (C=O) groups is 2. The molecule has 9 rings (SSSR count). The minimum Gasteiger partial charge on any atom is -0.495 e. The quantitative estimate of drug-likeness (QED) is 0.0191. The average Bonchev–Trinajstić information content (AvgIpc) is 3.63. The van der Waals surface area contributed by atoms with Gasteiger partial charge in [0.15, 0.2) is 0 Å². The lowest BCUT2D eigenvalue weighted by Gasteiger charge is -2.18. The van der Waals surface area contributed by atoms with Crippen LogP contribution in [0.2, 0.25) is 10.0 Å². The summed E-state index contributed by atoms with van der Waals surface area (Å²) < 4.78 is 124. The predicted molar refractivity (Wildman–Crippen MR) is 307 cm³/mol. The number of hydrogen-bond acceptors (Lipinski definition) is 11. The molecular formula is C50H36Br2Cl4F6N4O10P2S2. The Balaban J connectivity index is 0.000000208. The van der Waals surface area contributed by atoms with Crippen molar-refractivity contribution in [2.24, 2.45) is 0 Å². The third kappa shape index (κ3) is 14.0. The van der Waals surface area contributed by atoms with Gasteiger partial charge in [0.05, 0.1) is 55.2 Å². The van der Waals surface area contributed by atoms with Gasteiger partial charge < -0.3 is 18.6 Å². The monoisotopic (exact) mass is 1390 g/mol. The number of methoxy groups -OCH3 is 2. The largest absolute Gasteiger partial charge is 0.495 e. The highest BCUT2D eigenvalue weighted by molar-refractivity contribution is 9.10. The van der Waals surface area contributed by atoms with Crippen LogP contribution in [0.1, 0.15) is 19.4 Å². The summed E-state index contributed by atoms with van der Waals surface area (Å²) in [6, 6.07) is 31.1. The lowest BCUT2D eigenvalue weighted by molar-refractivity contribution is -0.127. The highest BCUT2D eigenvalue weighted by Crippen LogP contribution is 2.38. The smallest absolute Gasteiger partial charge is 0.357 e. The molecule has 8 aromatic rings. The maximum Gasteiger partial charge on any atom is 0.357 e. The second kappa shape index (κ2) is 27.3. The zero-order chi connectivity index (χ0) is 59.1. The van der Waals surface area contributed by atoms with Crippen LogP contribution in [-0.2, 0) is 20.7 Å². The molecule has 422 valence electrons. The van der Waals surface area contributed by atoms with Gasteiger partial charge in [-0.1, -0.05) is 53.5 Å². The molecule has 2 aromatic heterocycles. The topological polar surface area (TPSA) is 167 Å². The fourth-order valence-corrected chi connectivity index (χ4v) is 10.5. The Morgan fingerprint density at radius 3 is 1.55 bits per heavy atom. The second-order valence-electron chi connectivity index (χ2n) is 16.5. The molecule has 3 heterocycles. The van der Waals surface area contributed by atoms with Crippen LogP contribution in [0.15, 0.2) is 144 Å². The fraction of sp³-hybridized carbons (Fsp3) is 0.120. The Bertz CT molecular complexity index is 3910. The van der Waals surface area contributed by atoms with Gasteiger partial charge in [-0.05, 0) is 129 Å². The molecule has 1 aliphatic heterocycles. The number of imide groups is 1. The van der Waals surface area contributed by atoms with Crippen molar-refractivity contribution < 1.29 is 62.7 Å². The third-order valence-electron chi connectivity index (χ3n) is 11.1. The Morgan fingerprint density at radius 1 is 0.662 bits per heavy atom. The molecule has 1 aliphatic rings. The van der Waals surface area contributed by atoms with E-state index in [0.29, 0.717) is 29.8 Å². The molecule has 0 saturated carbocycles. The van der Waals surface area contributed by atoms with Gasteiger partial charge in [-0.25, -0.2) is 26.6 Å². The maximum atomic E-state index is 13.9. The number of pyridine rings is 2. The van der Waals surface area contributed by atoms with Crippen LogP contribution in [0, 0.1) is 29.1 Å². The van der Waals surface area contributed by atoms with E-state index in [1.807, 2.05) is 36.4 Å². The molecule has 0 radical (unpaired) electrons. The number of rotatable bonds is 11. The molecule has 0 aliphatic carbocycles. The molecule has 3 amide bonds. The summed E-state index contributed by atoms with van der Waals surface area (Å²) in [5.41, 5.74) is 1.37. The number of ether oxygens (including phenoxy) is 2. The number of carbonyl (C=O) groups excluding carboxylic acids is 2. The molecule has 6 aromatic carbocycles. The molecule has 0 bridgehead atoms. The summed E-state index contributed by atoms with van der Waals surface area (Å²) in [5, 5.41) is 1.87. The van der Waals surface area contributed by atoms with Crippen molar-refractivity contribution in [3.05, 3.63) is 190 Å². The predicted octanol–water partition coefficient (Wildman–Crippen LogP) is 15.0.